The van der Waals surface area contributed by atoms with Crippen LogP contribution in [-0.2, 0) is 11.3 Å². The van der Waals surface area contributed by atoms with Crippen molar-refractivity contribution < 1.29 is 13.9 Å². The van der Waals surface area contributed by atoms with E-state index in [0.717, 1.165) is 18.3 Å². The summed E-state index contributed by atoms with van der Waals surface area (Å²) in [5.41, 5.74) is 0.461. The van der Waals surface area contributed by atoms with E-state index in [2.05, 4.69) is 28.9 Å². The molecule has 1 saturated carbocycles. The lowest BCUT2D eigenvalue weighted by atomic mass is 10.2. The predicted octanol–water partition coefficient (Wildman–Crippen LogP) is 1.64. The molecule has 106 valence electrons. The second-order valence-corrected chi connectivity index (χ2v) is 5.17. The molecule has 1 atom stereocenters. The number of carbonyl (C=O) groups is 1. The number of methoxy groups -OCH3 is 1. The second-order valence-electron chi connectivity index (χ2n) is 5.17. The van der Waals surface area contributed by atoms with Gasteiger partial charge in [-0.05, 0) is 32.9 Å². The van der Waals surface area contributed by atoms with Crippen molar-refractivity contribution in [2.24, 2.45) is 0 Å². The number of carbonyl (C=O) groups excluding carboxylic acids is 1. The maximum atomic E-state index is 11.3. The van der Waals surface area contributed by atoms with Crippen LogP contribution in [0, 0.1) is 0 Å². The molecular formula is C14H22N2O3. The van der Waals surface area contributed by atoms with Crippen LogP contribution < -0.4 is 5.32 Å². The molecule has 0 radical (unpaired) electrons. The highest BCUT2D eigenvalue weighted by molar-refractivity contribution is 5.88. The summed E-state index contributed by atoms with van der Waals surface area (Å²) in [6, 6.07) is 2.99. The maximum absolute atomic E-state index is 11.3. The van der Waals surface area contributed by atoms with Crippen LogP contribution >= 0.6 is 0 Å². The first kappa shape index (κ1) is 14.1. The molecule has 19 heavy (non-hydrogen) atoms. The summed E-state index contributed by atoms with van der Waals surface area (Å²) in [6.45, 7) is 3.74. The third kappa shape index (κ3) is 3.81. The maximum Gasteiger partial charge on any atom is 0.341 e. The Balaban J connectivity index is 1.73. The summed E-state index contributed by atoms with van der Waals surface area (Å²) < 4.78 is 9.94. The summed E-state index contributed by atoms with van der Waals surface area (Å²) in [4.78, 5) is 13.7. The average molecular weight is 266 g/mol. The zero-order valence-corrected chi connectivity index (χ0v) is 11.8. The fourth-order valence-electron chi connectivity index (χ4n) is 2.09. The van der Waals surface area contributed by atoms with E-state index in [0.29, 0.717) is 18.2 Å². The largest absolute Gasteiger partial charge is 0.467 e. The number of hydrogen-bond donors (Lipinski definition) is 1. The van der Waals surface area contributed by atoms with Gasteiger partial charge in [0.25, 0.3) is 0 Å². The van der Waals surface area contributed by atoms with Gasteiger partial charge < -0.3 is 14.5 Å². The second kappa shape index (κ2) is 6.21. The van der Waals surface area contributed by atoms with E-state index in [9.17, 15) is 4.79 Å². The van der Waals surface area contributed by atoms with Crippen LogP contribution in [0.25, 0.3) is 0 Å². The fraction of sp³-hybridized carbons (Fsp3) is 0.643. The number of nitrogens with one attached hydrogen (secondary N) is 1. The zero-order chi connectivity index (χ0) is 13.8. The van der Waals surface area contributed by atoms with E-state index in [-0.39, 0.29) is 5.97 Å². The molecule has 1 N–H and O–H groups in total. The van der Waals surface area contributed by atoms with Crippen molar-refractivity contribution in [1.29, 1.82) is 0 Å². The minimum atomic E-state index is -0.364. The van der Waals surface area contributed by atoms with Crippen LogP contribution in [0.4, 0.5) is 0 Å². The van der Waals surface area contributed by atoms with E-state index in [1.54, 1.807) is 6.07 Å². The SMILES string of the molecule is COC(=O)c1coc(CNCC(C)N(C)C2CC2)c1. The van der Waals surface area contributed by atoms with Gasteiger partial charge in [-0.25, -0.2) is 4.79 Å². The quantitative estimate of drug-likeness (QED) is 0.760. The third-order valence-corrected chi connectivity index (χ3v) is 3.63. The van der Waals surface area contributed by atoms with E-state index >= 15 is 0 Å². The van der Waals surface area contributed by atoms with Gasteiger partial charge in [-0.1, -0.05) is 0 Å². The Labute approximate surface area is 113 Å². The minimum absolute atomic E-state index is 0.364. The van der Waals surface area contributed by atoms with Crippen LogP contribution in [0.1, 0.15) is 35.9 Å². The number of hydrogen-bond acceptors (Lipinski definition) is 5. The first-order chi connectivity index (χ1) is 9.11. The molecule has 5 heteroatoms. The average Bonchev–Trinajstić information content (AvgIpc) is 3.16. The van der Waals surface area contributed by atoms with Gasteiger partial charge in [0.15, 0.2) is 0 Å². The van der Waals surface area contributed by atoms with Crippen LogP contribution in [0.15, 0.2) is 16.7 Å². The Hall–Kier alpha value is -1.33. The molecule has 0 spiro atoms. The highest BCUT2D eigenvalue weighted by Gasteiger charge is 2.28. The van der Waals surface area contributed by atoms with Crippen molar-refractivity contribution >= 4 is 5.97 Å². The smallest absolute Gasteiger partial charge is 0.341 e. The predicted molar refractivity (Wildman–Crippen MR) is 72.0 cm³/mol. The Kier molecular flexibility index (Phi) is 4.61. The van der Waals surface area contributed by atoms with Gasteiger partial charge in [0, 0.05) is 18.6 Å². The van der Waals surface area contributed by atoms with Crippen LogP contribution in [0.3, 0.4) is 0 Å². The van der Waals surface area contributed by atoms with E-state index in [1.807, 2.05) is 0 Å². The number of ether oxygens (including phenoxy) is 1. The van der Waals surface area contributed by atoms with E-state index in [4.69, 9.17) is 4.42 Å². The number of furan rings is 1. The first-order valence-electron chi connectivity index (χ1n) is 6.70. The standard InChI is InChI=1S/C14H22N2O3/c1-10(16(2)12-4-5-12)7-15-8-13-6-11(9-19-13)14(17)18-3/h6,9-10,12,15H,4-5,7-8H2,1-3H3. The van der Waals surface area contributed by atoms with Crippen molar-refractivity contribution in [3.8, 4) is 0 Å². The van der Waals surface area contributed by atoms with Gasteiger partial charge in [-0.15, -0.1) is 0 Å². The molecule has 0 bridgehead atoms. The number of likely N-dealkylation sites (N-methyl/N-ethyl adjacent to an activating group) is 1. The van der Waals surface area contributed by atoms with Crippen LogP contribution in [-0.4, -0.2) is 43.7 Å². The molecule has 1 aliphatic carbocycles. The zero-order valence-electron chi connectivity index (χ0n) is 11.8. The van der Waals surface area contributed by atoms with Crippen molar-refractivity contribution in [3.63, 3.8) is 0 Å². The molecule has 0 amide bonds. The van der Waals surface area contributed by atoms with Crippen molar-refractivity contribution in [3.05, 3.63) is 23.7 Å². The van der Waals surface area contributed by atoms with E-state index in [1.165, 1.54) is 26.2 Å². The van der Waals surface area contributed by atoms with Crippen molar-refractivity contribution in [2.45, 2.75) is 38.4 Å². The van der Waals surface area contributed by atoms with Crippen molar-refractivity contribution in [1.82, 2.24) is 10.2 Å². The van der Waals surface area contributed by atoms with Gasteiger partial charge in [-0.3, -0.25) is 4.90 Å². The van der Waals surface area contributed by atoms with Crippen molar-refractivity contribution in [2.75, 3.05) is 20.7 Å². The normalized spacial score (nSPS) is 16.6. The topological polar surface area (TPSA) is 54.7 Å². The third-order valence-electron chi connectivity index (χ3n) is 3.63. The molecule has 0 aromatic carbocycles. The molecule has 1 aromatic rings. The Morgan fingerprint density at radius 2 is 2.37 bits per heavy atom. The number of nitrogens with zero attached hydrogens (tertiary/aromatic N) is 1. The number of esters is 1. The Bertz CT molecular complexity index is 426. The molecule has 1 unspecified atom stereocenters. The summed E-state index contributed by atoms with van der Waals surface area (Å²) in [7, 11) is 3.54. The molecule has 1 fully saturated rings. The molecule has 2 rings (SSSR count). The molecular weight excluding hydrogens is 244 g/mol. The monoisotopic (exact) mass is 266 g/mol. The lowest BCUT2D eigenvalue weighted by Crippen LogP contribution is -2.38. The molecule has 5 nitrogen and oxygen atoms in total. The summed E-state index contributed by atoms with van der Waals surface area (Å²) in [6.07, 6.45) is 4.08. The minimum Gasteiger partial charge on any atom is -0.467 e. The van der Waals surface area contributed by atoms with Crippen LogP contribution in [0.5, 0.6) is 0 Å². The van der Waals surface area contributed by atoms with Gasteiger partial charge in [0.1, 0.15) is 12.0 Å². The van der Waals surface area contributed by atoms with Crippen LogP contribution in [0.2, 0.25) is 0 Å². The molecule has 0 aliphatic heterocycles. The fourth-order valence-corrected chi connectivity index (χ4v) is 2.09. The Morgan fingerprint density at radius 1 is 1.63 bits per heavy atom. The molecule has 1 aromatic heterocycles. The Morgan fingerprint density at radius 3 is 3.00 bits per heavy atom. The van der Waals surface area contributed by atoms with Gasteiger partial charge >= 0.3 is 5.97 Å². The number of rotatable bonds is 7. The summed E-state index contributed by atoms with van der Waals surface area (Å²) >= 11 is 0. The lowest BCUT2D eigenvalue weighted by molar-refractivity contribution is 0.0600. The highest BCUT2D eigenvalue weighted by atomic mass is 16.5. The first-order valence-corrected chi connectivity index (χ1v) is 6.70. The van der Waals surface area contributed by atoms with Gasteiger partial charge in [0.2, 0.25) is 0 Å². The molecule has 1 heterocycles. The van der Waals surface area contributed by atoms with Gasteiger partial charge in [-0.2, -0.15) is 0 Å². The lowest BCUT2D eigenvalue weighted by Gasteiger charge is -2.24. The summed E-state index contributed by atoms with van der Waals surface area (Å²) in [5.74, 6) is 0.388. The molecule has 1 aliphatic rings. The highest BCUT2D eigenvalue weighted by Crippen LogP contribution is 2.26. The van der Waals surface area contributed by atoms with Gasteiger partial charge in [0.05, 0.1) is 19.2 Å². The molecule has 0 saturated heterocycles. The summed E-state index contributed by atoms with van der Waals surface area (Å²) in [5, 5.41) is 3.35. The van der Waals surface area contributed by atoms with E-state index < -0.39 is 0 Å².